The number of thioether (sulfide) groups is 1. The van der Waals surface area contributed by atoms with Gasteiger partial charge in [-0.15, -0.1) is 28.2 Å². The van der Waals surface area contributed by atoms with Gasteiger partial charge >= 0.3 is 0 Å². The van der Waals surface area contributed by atoms with Crippen LogP contribution < -0.4 is 11.5 Å². The van der Waals surface area contributed by atoms with Crippen LogP contribution in [0.1, 0.15) is 18.9 Å². The van der Waals surface area contributed by atoms with Crippen LogP contribution in [0, 0.1) is 5.82 Å². The molecule has 0 saturated carbocycles. The Morgan fingerprint density at radius 1 is 1.43 bits per heavy atom. The van der Waals surface area contributed by atoms with Crippen LogP contribution in [0.5, 0.6) is 0 Å². The van der Waals surface area contributed by atoms with Gasteiger partial charge in [0, 0.05) is 12.3 Å². The number of hydrogen-bond acceptors (Lipinski definition) is 7. The smallest absolute Gasteiger partial charge is 0.124 e. The minimum Gasteiger partial charge on any atom is -0.405 e. The van der Waals surface area contributed by atoms with Crippen LogP contribution in [-0.4, -0.2) is 22.3 Å². The van der Waals surface area contributed by atoms with Crippen LogP contribution in [-0.2, 0) is 5.75 Å². The third-order valence-electron chi connectivity index (χ3n) is 2.29. The molecule has 0 radical (unpaired) electrons. The van der Waals surface area contributed by atoms with E-state index in [1.54, 1.807) is 6.07 Å². The molecule has 0 atom stereocenters. The predicted octanol–water partition coefficient (Wildman–Crippen LogP) is 3.51. The lowest BCUT2D eigenvalue weighted by atomic mass is 10.3. The van der Waals surface area contributed by atoms with Gasteiger partial charge in [0.25, 0.3) is 0 Å². The van der Waals surface area contributed by atoms with Crippen LogP contribution in [0.3, 0.4) is 0 Å². The molecule has 0 unspecified atom stereocenters. The SMILES string of the molecule is C=CN.CC(C)=N/N=C(\CN)SCc1nc2ccc(F)cc2s1. The summed E-state index contributed by atoms with van der Waals surface area (Å²) >= 11 is 2.99. The van der Waals surface area contributed by atoms with Crippen molar-refractivity contribution in [3.8, 4) is 0 Å². The molecular weight excluding hydrogens is 333 g/mol. The summed E-state index contributed by atoms with van der Waals surface area (Å²) < 4.78 is 14.0. The van der Waals surface area contributed by atoms with Gasteiger partial charge in [-0.05, 0) is 38.2 Å². The zero-order valence-electron chi connectivity index (χ0n) is 13.1. The molecule has 1 heterocycles. The molecule has 124 valence electrons. The van der Waals surface area contributed by atoms with Crippen LogP contribution in [0.4, 0.5) is 4.39 Å². The lowest BCUT2D eigenvalue weighted by molar-refractivity contribution is 0.630. The van der Waals surface area contributed by atoms with E-state index < -0.39 is 0 Å². The first kappa shape index (κ1) is 19.3. The van der Waals surface area contributed by atoms with E-state index in [4.69, 9.17) is 5.73 Å². The third-order valence-corrected chi connectivity index (χ3v) is 4.49. The van der Waals surface area contributed by atoms with Gasteiger partial charge in [-0.1, -0.05) is 6.58 Å². The number of benzene rings is 1. The first-order valence-electron chi connectivity index (χ1n) is 6.78. The van der Waals surface area contributed by atoms with Gasteiger partial charge < -0.3 is 11.5 Å². The van der Waals surface area contributed by atoms with E-state index in [0.717, 1.165) is 26.0 Å². The standard InChI is InChI=1S/C13H15FN4S2.C2H5N/c1-8(2)17-18-12(6-15)19-7-13-16-10-4-3-9(14)5-11(10)20-13;1-2-3/h3-5H,6-7,15H2,1-2H3;2H,1,3H2/b18-12+;. The summed E-state index contributed by atoms with van der Waals surface area (Å²) in [6.07, 6.45) is 1.25. The zero-order valence-corrected chi connectivity index (χ0v) is 14.8. The highest BCUT2D eigenvalue weighted by Crippen LogP contribution is 2.26. The Balaban J connectivity index is 0.000000816. The largest absolute Gasteiger partial charge is 0.405 e. The van der Waals surface area contributed by atoms with Crippen molar-refractivity contribution in [1.82, 2.24) is 4.98 Å². The molecule has 0 aliphatic heterocycles. The van der Waals surface area contributed by atoms with Crippen LogP contribution >= 0.6 is 23.1 Å². The van der Waals surface area contributed by atoms with Gasteiger partial charge in [-0.25, -0.2) is 9.37 Å². The molecule has 1 aromatic carbocycles. The third kappa shape index (κ3) is 6.89. The molecule has 2 aromatic rings. The normalized spacial score (nSPS) is 10.9. The molecule has 8 heteroatoms. The van der Waals surface area contributed by atoms with Crippen molar-refractivity contribution in [3.63, 3.8) is 0 Å². The fraction of sp³-hybridized carbons (Fsp3) is 0.267. The molecule has 0 bridgehead atoms. The van der Waals surface area contributed by atoms with Gasteiger partial charge in [-0.2, -0.15) is 5.10 Å². The maximum atomic E-state index is 13.1. The van der Waals surface area contributed by atoms with Crippen molar-refractivity contribution in [3.05, 3.63) is 41.8 Å². The van der Waals surface area contributed by atoms with Gasteiger partial charge in [0.2, 0.25) is 0 Å². The molecule has 0 saturated heterocycles. The number of hydrogen-bond donors (Lipinski definition) is 2. The number of halogens is 1. The van der Waals surface area contributed by atoms with Crippen LogP contribution in [0.2, 0.25) is 0 Å². The van der Waals surface area contributed by atoms with Gasteiger partial charge in [0.05, 0.1) is 16.0 Å². The molecule has 0 aliphatic rings. The average Bonchev–Trinajstić information content (AvgIpc) is 2.90. The van der Waals surface area contributed by atoms with Gasteiger partial charge in [0.1, 0.15) is 15.9 Å². The highest BCUT2D eigenvalue weighted by molar-refractivity contribution is 8.13. The first-order chi connectivity index (χ1) is 11.0. The van der Waals surface area contributed by atoms with Gasteiger partial charge in [0.15, 0.2) is 0 Å². The minimum absolute atomic E-state index is 0.239. The minimum atomic E-state index is -0.239. The Hall–Kier alpha value is -1.77. The second kappa shape index (κ2) is 10.1. The van der Waals surface area contributed by atoms with E-state index in [1.165, 1.54) is 41.4 Å². The van der Waals surface area contributed by atoms with E-state index >= 15 is 0 Å². The van der Waals surface area contributed by atoms with Gasteiger partial charge in [-0.3, -0.25) is 0 Å². The molecule has 0 aliphatic carbocycles. The highest BCUT2D eigenvalue weighted by Gasteiger charge is 2.07. The second-order valence-electron chi connectivity index (χ2n) is 4.49. The highest BCUT2D eigenvalue weighted by atomic mass is 32.2. The molecule has 5 nitrogen and oxygen atoms in total. The fourth-order valence-corrected chi connectivity index (χ4v) is 3.21. The molecule has 2 rings (SSSR count). The molecular formula is C15H20FN5S2. The van der Waals surface area contributed by atoms with Crippen molar-refractivity contribution in [2.75, 3.05) is 6.54 Å². The molecule has 4 N–H and O–H groups in total. The summed E-state index contributed by atoms with van der Waals surface area (Å²) in [5.41, 5.74) is 11.9. The Morgan fingerprint density at radius 2 is 2.13 bits per heavy atom. The second-order valence-corrected chi connectivity index (χ2v) is 6.65. The van der Waals surface area contributed by atoms with Crippen molar-refractivity contribution >= 4 is 44.1 Å². The molecule has 0 fully saturated rings. The number of fused-ring (bicyclic) bond motifs is 1. The summed E-state index contributed by atoms with van der Waals surface area (Å²) in [6.45, 7) is 7.25. The maximum Gasteiger partial charge on any atom is 0.124 e. The number of thiazole rings is 1. The number of nitrogens with zero attached hydrogens (tertiary/aromatic N) is 3. The Kier molecular flexibility index (Phi) is 8.46. The Morgan fingerprint density at radius 3 is 2.74 bits per heavy atom. The van der Waals surface area contributed by atoms with Crippen LogP contribution in [0.25, 0.3) is 10.2 Å². The van der Waals surface area contributed by atoms with Crippen molar-refractivity contribution in [2.24, 2.45) is 21.7 Å². The van der Waals surface area contributed by atoms with Crippen molar-refractivity contribution in [1.29, 1.82) is 0 Å². The van der Waals surface area contributed by atoms with E-state index in [0.29, 0.717) is 12.3 Å². The van der Waals surface area contributed by atoms with Crippen molar-refractivity contribution in [2.45, 2.75) is 19.6 Å². The number of aromatic nitrogens is 1. The summed E-state index contributed by atoms with van der Waals surface area (Å²) in [5, 5.41) is 9.77. The van der Waals surface area contributed by atoms with E-state index in [9.17, 15) is 4.39 Å². The van der Waals surface area contributed by atoms with E-state index in [1.807, 2.05) is 13.8 Å². The monoisotopic (exact) mass is 353 g/mol. The molecule has 0 spiro atoms. The summed E-state index contributed by atoms with van der Waals surface area (Å²) in [6, 6.07) is 4.62. The molecule has 0 amide bonds. The van der Waals surface area contributed by atoms with E-state index in [-0.39, 0.29) is 5.82 Å². The molecule has 1 aromatic heterocycles. The topological polar surface area (TPSA) is 89.6 Å². The average molecular weight is 353 g/mol. The quantitative estimate of drug-likeness (QED) is 0.500. The number of rotatable bonds is 4. The van der Waals surface area contributed by atoms with Crippen LogP contribution in [0.15, 0.2) is 41.2 Å². The first-order valence-corrected chi connectivity index (χ1v) is 8.58. The number of nitrogens with two attached hydrogens (primary N) is 2. The molecule has 23 heavy (non-hydrogen) atoms. The summed E-state index contributed by atoms with van der Waals surface area (Å²) in [7, 11) is 0. The van der Waals surface area contributed by atoms with Crippen molar-refractivity contribution < 1.29 is 4.39 Å². The summed E-state index contributed by atoms with van der Waals surface area (Å²) in [5.74, 6) is 0.423. The predicted molar refractivity (Wildman–Crippen MR) is 101 cm³/mol. The Labute approximate surface area is 143 Å². The Bertz CT molecular complexity index is 705. The zero-order chi connectivity index (χ0) is 17.2. The fourth-order valence-electron chi connectivity index (χ4n) is 1.44. The lowest BCUT2D eigenvalue weighted by Crippen LogP contribution is -2.10. The van der Waals surface area contributed by atoms with E-state index in [2.05, 4.69) is 27.5 Å². The maximum absolute atomic E-state index is 13.1. The summed E-state index contributed by atoms with van der Waals surface area (Å²) in [4.78, 5) is 4.45. The lowest BCUT2D eigenvalue weighted by Gasteiger charge is -1.99.